The lowest BCUT2D eigenvalue weighted by atomic mass is 10.0. The van der Waals surface area contributed by atoms with E-state index in [0.29, 0.717) is 6.54 Å². The SMILES string of the molecule is C#CCOC[C@H](O)CN(Cc1ccc(C)cc1C)C[C@H]1CCCO1. The summed E-state index contributed by atoms with van der Waals surface area (Å²) in [7, 11) is 0. The number of aliphatic hydroxyl groups is 1. The van der Waals surface area contributed by atoms with Gasteiger partial charge in [0.15, 0.2) is 0 Å². The van der Waals surface area contributed by atoms with Gasteiger partial charge in [-0.1, -0.05) is 29.7 Å². The molecule has 1 N–H and O–H groups in total. The largest absolute Gasteiger partial charge is 0.389 e. The third kappa shape index (κ3) is 6.26. The summed E-state index contributed by atoms with van der Waals surface area (Å²) in [5.74, 6) is 2.42. The second-order valence-electron chi connectivity index (χ2n) is 6.63. The summed E-state index contributed by atoms with van der Waals surface area (Å²) in [5.41, 5.74) is 3.84. The molecule has 0 saturated carbocycles. The molecule has 2 atom stereocenters. The van der Waals surface area contributed by atoms with Crippen molar-refractivity contribution >= 4 is 0 Å². The minimum absolute atomic E-state index is 0.236. The van der Waals surface area contributed by atoms with Crippen LogP contribution in [0.4, 0.5) is 0 Å². The van der Waals surface area contributed by atoms with Crippen LogP contribution in [0.25, 0.3) is 0 Å². The Balaban J connectivity index is 1.97. The Morgan fingerprint density at radius 2 is 2.29 bits per heavy atom. The zero-order valence-electron chi connectivity index (χ0n) is 14.8. The van der Waals surface area contributed by atoms with Crippen LogP contribution in [0, 0.1) is 26.2 Å². The van der Waals surface area contributed by atoms with Crippen LogP contribution in [0.3, 0.4) is 0 Å². The Bertz CT molecular complexity index is 546. The Hall–Kier alpha value is -1.38. The molecule has 0 spiro atoms. The standard InChI is InChI=1S/C20H29NO3/c1-4-9-23-15-19(22)13-21(14-20-6-5-10-24-20)12-18-8-7-16(2)11-17(18)3/h1,7-8,11,19-20,22H,5-6,9-10,12-15H2,2-3H3/t19-,20-/m1/s1. The van der Waals surface area contributed by atoms with Gasteiger partial charge in [0.25, 0.3) is 0 Å². The van der Waals surface area contributed by atoms with Crippen LogP contribution in [0.15, 0.2) is 18.2 Å². The van der Waals surface area contributed by atoms with Crippen LogP contribution >= 0.6 is 0 Å². The zero-order chi connectivity index (χ0) is 17.4. The molecule has 0 bridgehead atoms. The molecule has 0 aromatic heterocycles. The Labute approximate surface area is 145 Å². The third-order valence-electron chi connectivity index (χ3n) is 4.34. The van der Waals surface area contributed by atoms with Crippen molar-refractivity contribution in [2.75, 3.05) is 32.9 Å². The van der Waals surface area contributed by atoms with E-state index in [-0.39, 0.29) is 19.3 Å². The molecule has 0 amide bonds. The van der Waals surface area contributed by atoms with Gasteiger partial charge in [-0.2, -0.15) is 0 Å². The Kier molecular flexibility index (Phi) is 7.74. The highest BCUT2D eigenvalue weighted by Gasteiger charge is 2.21. The summed E-state index contributed by atoms with van der Waals surface area (Å²) >= 11 is 0. The smallest absolute Gasteiger partial charge is 0.107 e. The fourth-order valence-electron chi connectivity index (χ4n) is 3.15. The van der Waals surface area contributed by atoms with E-state index in [4.69, 9.17) is 15.9 Å². The van der Waals surface area contributed by atoms with E-state index in [9.17, 15) is 5.11 Å². The van der Waals surface area contributed by atoms with E-state index in [1.165, 1.54) is 16.7 Å². The molecule has 1 saturated heterocycles. The first-order chi connectivity index (χ1) is 11.6. The van der Waals surface area contributed by atoms with Crippen molar-refractivity contribution in [3.8, 4) is 12.3 Å². The third-order valence-corrected chi connectivity index (χ3v) is 4.34. The lowest BCUT2D eigenvalue weighted by Gasteiger charge is -2.28. The number of ether oxygens (including phenoxy) is 2. The Morgan fingerprint density at radius 1 is 1.46 bits per heavy atom. The van der Waals surface area contributed by atoms with E-state index in [1.807, 2.05) is 0 Å². The second kappa shape index (κ2) is 9.80. The number of aryl methyl sites for hydroxylation is 2. The lowest BCUT2D eigenvalue weighted by molar-refractivity contribution is 0.00950. The van der Waals surface area contributed by atoms with Crippen molar-refractivity contribution in [1.29, 1.82) is 0 Å². The van der Waals surface area contributed by atoms with E-state index >= 15 is 0 Å². The van der Waals surface area contributed by atoms with E-state index in [1.54, 1.807) is 0 Å². The van der Waals surface area contributed by atoms with Gasteiger partial charge in [0, 0.05) is 26.2 Å². The molecule has 1 fully saturated rings. The average Bonchev–Trinajstić information content (AvgIpc) is 3.03. The van der Waals surface area contributed by atoms with Crippen LogP contribution in [-0.4, -0.2) is 55.1 Å². The van der Waals surface area contributed by atoms with Gasteiger partial charge in [-0.15, -0.1) is 6.42 Å². The minimum Gasteiger partial charge on any atom is -0.389 e. The topological polar surface area (TPSA) is 41.9 Å². The monoisotopic (exact) mass is 331 g/mol. The van der Waals surface area contributed by atoms with Crippen molar-refractivity contribution in [1.82, 2.24) is 4.90 Å². The summed E-state index contributed by atoms with van der Waals surface area (Å²) in [4.78, 5) is 2.26. The van der Waals surface area contributed by atoms with Crippen LogP contribution in [0.2, 0.25) is 0 Å². The first-order valence-electron chi connectivity index (χ1n) is 8.68. The van der Waals surface area contributed by atoms with Gasteiger partial charge in [-0.25, -0.2) is 0 Å². The normalized spacial score (nSPS) is 18.7. The van der Waals surface area contributed by atoms with Gasteiger partial charge in [0.1, 0.15) is 6.61 Å². The molecule has 0 radical (unpaired) electrons. The maximum Gasteiger partial charge on any atom is 0.107 e. The van der Waals surface area contributed by atoms with Crippen molar-refractivity contribution in [3.63, 3.8) is 0 Å². The average molecular weight is 331 g/mol. The second-order valence-corrected chi connectivity index (χ2v) is 6.63. The number of rotatable bonds is 9. The molecule has 1 heterocycles. The quantitative estimate of drug-likeness (QED) is 0.557. The summed E-state index contributed by atoms with van der Waals surface area (Å²) in [6.45, 7) is 7.77. The summed E-state index contributed by atoms with van der Waals surface area (Å²) in [6.07, 6.45) is 7.09. The van der Waals surface area contributed by atoms with Gasteiger partial charge in [0.2, 0.25) is 0 Å². The molecule has 132 valence electrons. The molecular formula is C20H29NO3. The lowest BCUT2D eigenvalue weighted by Crippen LogP contribution is -2.39. The number of terminal acetylenes is 1. The first kappa shape index (κ1) is 19.0. The van der Waals surface area contributed by atoms with Crippen molar-refractivity contribution in [2.45, 2.75) is 45.4 Å². The minimum atomic E-state index is -0.550. The van der Waals surface area contributed by atoms with Crippen molar-refractivity contribution in [2.24, 2.45) is 0 Å². The fourth-order valence-corrected chi connectivity index (χ4v) is 3.15. The molecule has 4 nitrogen and oxygen atoms in total. The number of benzene rings is 1. The molecule has 4 heteroatoms. The van der Waals surface area contributed by atoms with Gasteiger partial charge < -0.3 is 14.6 Å². The van der Waals surface area contributed by atoms with E-state index in [2.05, 4.69) is 42.9 Å². The van der Waals surface area contributed by atoms with Gasteiger partial charge >= 0.3 is 0 Å². The van der Waals surface area contributed by atoms with Crippen molar-refractivity contribution < 1.29 is 14.6 Å². The molecule has 1 aromatic rings. The maximum absolute atomic E-state index is 10.2. The zero-order valence-corrected chi connectivity index (χ0v) is 14.8. The molecule has 2 rings (SSSR count). The molecule has 1 aromatic carbocycles. The van der Waals surface area contributed by atoms with Crippen molar-refractivity contribution in [3.05, 3.63) is 34.9 Å². The number of hydrogen-bond donors (Lipinski definition) is 1. The first-order valence-corrected chi connectivity index (χ1v) is 8.68. The number of aliphatic hydroxyl groups excluding tert-OH is 1. The van der Waals surface area contributed by atoms with Crippen LogP contribution in [0.5, 0.6) is 0 Å². The summed E-state index contributed by atoms with van der Waals surface area (Å²) < 4.78 is 11.0. The van der Waals surface area contributed by atoms with Gasteiger partial charge in [0.05, 0.1) is 18.8 Å². The molecule has 0 aliphatic carbocycles. The molecule has 24 heavy (non-hydrogen) atoms. The highest BCUT2D eigenvalue weighted by atomic mass is 16.5. The molecular weight excluding hydrogens is 302 g/mol. The summed E-state index contributed by atoms with van der Waals surface area (Å²) in [5, 5.41) is 10.2. The van der Waals surface area contributed by atoms with Crippen LogP contribution in [0.1, 0.15) is 29.5 Å². The van der Waals surface area contributed by atoms with Crippen LogP contribution < -0.4 is 0 Å². The number of nitrogens with zero attached hydrogens (tertiary/aromatic N) is 1. The molecule has 1 aliphatic heterocycles. The highest BCUT2D eigenvalue weighted by Crippen LogP contribution is 2.17. The highest BCUT2D eigenvalue weighted by molar-refractivity contribution is 5.30. The van der Waals surface area contributed by atoms with Gasteiger partial charge in [-0.3, -0.25) is 4.90 Å². The van der Waals surface area contributed by atoms with E-state index < -0.39 is 6.10 Å². The maximum atomic E-state index is 10.2. The fraction of sp³-hybridized carbons (Fsp3) is 0.600. The van der Waals surface area contributed by atoms with Gasteiger partial charge in [-0.05, 0) is 37.8 Å². The number of hydrogen-bond acceptors (Lipinski definition) is 4. The van der Waals surface area contributed by atoms with E-state index in [0.717, 1.165) is 32.5 Å². The van der Waals surface area contributed by atoms with Crippen LogP contribution in [-0.2, 0) is 16.0 Å². The summed E-state index contributed by atoms with van der Waals surface area (Å²) in [6, 6.07) is 6.51. The molecule has 0 unspecified atom stereocenters. The molecule has 1 aliphatic rings. The predicted molar refractivity (Wildman–Crippen MR) is 95.8 cm³/mol. The predicted octanol–water partition coefficient (Wildman–Crippen LogP) is 2.30. The Morgan fingerprint density at radius 3 is 2.96 bits per heavy atom.